The second kappa shape index (κ2) is 5.70. The summed E-state index contributed by atoms with van der Waals surface area (Å²) in [5.41, 5.74) is -1.83. The minimum atomic E-state index is -4.66. The zero-order valence-corrected chi connectivity index (χ0v) is 10.6. The van der Waals surface area contributed by atoms with Crippen molar-refractivity contribution in [2.24, 2.45) is 0 Å². The molecule has 118 valence electrons. The predicted molar refractivity (Wildman–Crippen MR) is 62.2 cm³/mol. The van der Waals surface area contributed by atoms with E-state index in [0.717, 1.165) is 12.3 Å². The van der Waals surface area contributed by atoms with Gasteiger partial charge in [0.05, 0.1) is 5.69 Å². The van der Waals surface area contributed by atoms with Gasteiger partial charge in [-0.3, -0.25) is 9.48 Å². The van der Waals surface area contributed by atoms with Crippen LogP contribution in [0.2, 0.25) is 0 Å². The summed E-state index contributed by atoms with van der Waals surface area (Å²) in [6.45, 7) is -0.658. The van der Waals surface area contributed by atoms with Gasteiger partial charge in [-0.2, -0.15) is 18.3 Å². The van der Waals surface area contributed by atoms with Gasteiger partial charge >= 0.3 is 6.18 Å². The molecule has 0 saturated carbocycles. The molecule has 0 saturated heterocycles. The van der Waals surface area contributed by atoms with Crippen molar-refractivity contribution < 1.29 is 31.1 Å². The Bertz CT molecular complexity index is 709. The van der Waals surface area contributed by atoms with E-state index in [2.05, 4.69) is 5.10 Å². The third kappa shape index (κ3) is 3.38. The number of anilines is 1. The number of benzene rings is 1. The second-order valence-electron chi connectivity index (χ2n) is 4.17. The Kier molecular flexibility index (Phi) is 4.11. The summed E-state index contributed by atoms with van der Waals surface area (Å²) < 4.78 is 76.6. The molecule has 1 amide bonds. The highest BCUT2D eigenvalue weighted by Gasteiger charge is 2.33. The molecule has 0 atom stereocenters. The monoisotopic (exact) mass is 323 g/mol. The van der Waals surface area contributed by atoms with E-state index in [1.807, 2.05) is 5.32 Å². The molecule has 0 aliphatic carbocycles. The van der Waals surface area contributed by atoms with Crippen molar-refractivity contribution in [3.63, 3.8) is 0 Å². The maximum absolute atomic E-state index is 13.3. The van der Waals surface area contributed by atoms with Gasteiger partial charge in [0, 0.05) is 6.20 Å². The standard InChI is InChI=1S/C12H7F6N3O/c13-6-1-2-7(11(15)10(6)14)19-9(22)5-21-4-3-8(20-21)12(16,17)18/h1-4H,5H2,(H,19,22). The lowest BCUT2D eigenvalue weighted by Gasteiger charge is -2.07. The van der Waals surface area contributed by atoms with Crippen LogP contribution in [-0.4, -0.2) is 15.7 Å². The first kappa shape index (κ1) is 15.9. The minimum Gasteiger partial charge on any atom is -0.322 e. The highest BCUT2D eigenvalue weighted by molar-refractivity contribution is 5.90. The molecule has 0 aliphatic heterocycles. The molecule has 1 heterocycles. The lowest BCUT2D eigenvalue weighted by Crippen LogP contribution is -2.20. The zero-order valence-electron chi connectivity index (χ0n) is 10.6. The SMILES string of the molecule is O=C(Cn1ccc(C(F)(F)F)n1)Nc1ccc(F)c(F)c1F. The van der Waals surface area contributed by atoms with Gasteiger partial charge in [-0.15, -0.1) is 0 Å². The fourth-order valence-corrected chi connectivity index (χ4v) is 1.56. The van der Waals surface area contributed by atoms with E-state index in [-0.39, 0.29) is 0 Å². The fourth-order valence-electron chi connectivity index (χ4n) is 1.56. The van der Waals surface area contributed by atoms with Gasteiger partial charge in [0.2, 0.25) is 5.91 Å². The van der Waals surface area contributed by atoms with E-state index in [4.69, 9.17) is 0 Å². The number of carbonyl (C=O) groups excluding carboxylic acids is 1. The van der Waals surface area contributed by atoms with Crippen LogP contribution in [0.5, 0.6) is 0 Å². The third-order valence-corrected chi connectivity index (χ3v) is 2.55. The predicted octanol–water partition coefficient (Wildman–Crippen LogP) is 2.96. The largest absolute Gasteiger partial charge is 0.435 e. The summed E-state index contributed by atoms with van der Waals surface area (Å²) in [5, 5.41) is 5.03. The molecule has 2 rings (SSSR count). The van der Waals surface area contributed by atoms with Crippen molar-refractivity contribution in [1.29, 1.82) is 0 Å². The number of hydrogen-bond acceptors (Lipinski definition) is 2. The molecule has 0 radical (unpaired) electrons. The first-order valence-electron chi connectivity index (χ1n) is 5.72. The number of halogens is 6. The van der Waals surface area contributed by atoms with Crippen molar-refractivity contribution in [3.05, 3.63) is 47.5 Å². The van der Waals surface area contributed by atoms with Crippen LogP contribution >= 0.6 is 0 Å². The molecule has 0 bridgehead atoms. The van der Waals surface area contributed by atoms with Gasteiger partial charge in [-0.25, -0.2) is 13.2 Å². The number of carbonyl (C=O) groups is 1. The summed E-state index contributed by atoms with van der Waals surface area (Å²) >= 11 is 0. The average molecular weight is 323 g/mol. The quantitative estimate of drug-likeness (QED) is 0.697. The van der Waals surface area contributed by atoms with Crippen molar-refractivity contribution >= 4 is 11.6 Å². The average Bonchev–Trinajstić information content (AvgIpc) is 2.88. The molecule has 4 nitrogen and oxygen atoms in total. The maximum Gasteiger partial charge on any atom is 0.435 e. The number of nitrogens with one attached hydrogen (secondary N) is 1. The Morgan fingerprint density at radius 2 is 1.82 bits per heavy atom. The molecule has 0 spiro atoms. The molecule has 10 heteroatoms. The molecule has 0 fully saturated rings. The summed E-state index contributed by atoms with van der Waals surface area (Å²) in [4.78, 5) is 11.6. The number of alkyl halides is 3. The number of hydrogen-bond donors (Lipinski definition) is 1. The molecule has 2 aromatic rings. The number of rotatable bonds is 3. The summed E-state index contributed by atoms with van der Waals surface area (Å²) in [5.74, 6) is -5.76. The van der Waals surface area contributed by atoms with Crippen LogP contribution in [-0.2, 0) is 17.5 Å². The van der Waals surface area contributed by atoms with Crippen molar-refractivity contribution in [2.45, 2.75) is 12.7 Å². The number of amides is 1. The van der Waals surface area contributed by atoms with Crippen LogP contribution < -0.4 is 5.32 Å². The molecule has 22 heavy (non-hydrogen) atoms. The molecule has 1 aromatic carbocycles. The number of aromatic nitrogens is 2. The molecule has 1 N–H and O–H groups in total. The summed E-state index contributed by atoms with van der Waals surface area (Å²) in [6.07, 6.45) is -3.75. The van der Waals surface area contributed by atoms with Crippen LogP contribution in [0.4, 0.5) is 32.0 Å². The van der Waals surface area contributed by atoms with Crippen LogP contribution in [0.15, 0.2) is 24.4 Å². The fraction of sp³-hybridized carbons (Fsp3) is 0.167. The highest BCUT2D eigenvalue weighted by atomic mass is 19.4. The van der Waals surface area contributed by atoms with E-state index in [9.17, 15) is 31.1 Å². The smallest absolute Gasteiger partial charge is 0.322 e. The first-order valence-corrected chi connectivity index (χ1v) is 5.72. The lowest BCUT2D eigenvalue weighted by molar-refractivity contribution is -0.141. The van der Waals surface area contributed by atoms with Gasteiger partial charge in [0.15, 0.2) is 23.1 Å². The van der Waals surface area contributed by atoms with E-state index in [0.29, 0.717) is 16.8 Å². The maximum atomic E-state index is 13.3. The van der Waals surface area contributed by atoms with Gasteiger partial charge in [0.25, 0.3) is 0 Å². The Hall–Kier alpha value is -2.52. The molecule has 1 aromatic heterocycles. The Balaban J connectivity index is 2.08. The molecular weight excluding hydrogens is 316 g/mol. The molecule has 0 aliphatic rings. The van der Waals surface area contributed by atoms with Crippen molar-refractivity contribution in [2.75, 3.05) is 5.32 Å². The minimum absolute atomic E-state index is 0.601. The van der Waals surface area contributed by atoms with Gasteiger partial charge in [-0.05, 0) is 18.2 Å². The summed E-state index contributed by atoms with van der Waals surface area (Å²) in [7, 11) is 0. The molecular formula is C12H7F6N3O. The second-order valence-corrected chi connectivity index (χ2v) is 4.17. The Labute approximate surface area is 119 Å². The van der Waals surface area contributed by atoms with Crippen LogP contribution in [0, 0.1) is 17.5 Å². The molecule has 0 unspecified atom stereocenters. The van der Waals surface area contributed by atoms with Crippen molar-refractivity contribution in [3.8, 4) is 0 Å². The Morgan fingerprint density at radius 1 is 1.14 bits per heavy atom. The van der Waals surface area contributed by atoms with Crippen LogP contribution in [0.3, 0.4) is 0 Å². The van der Waals surface area contributed by atoms with E-state index in [1.54, 1.807) is 0 Å². The van der Waals surface area contributed by atoms with Gasteiger partial charge in [-0.1, -0.05) is 0 Å². The topological polar surface area (TPSA) is 46.9 Å². The zero-order chi connectivity index (χ0) is 16.5. The normalized spacial score (nSPS) is 11.5. The Morgan fingerprint density at radius 3 is 2.41 bits per heavy atom. The van der Waals surface area contributed by atoms with Gasteiger partial charge < -0.3 is 5.32 Å². The third-order valence-electron chi connectivity index (χ3n) is 2.55. The van der Waals surface area contributed by atoms with Gasteiger partial charge in [0.1, 0.15) is 6.54 Å². The highest BCUT2D eigenvalue weighted by Crippen LogP contribution is 2.27. The van der Waals surface area contributed by atoms with Crippen LogP contribution in [0.25, 0.3) is 0 Å². The van der Waals surface area contributed by atoms with Crippen molar-refractivity contribution in [1.82, 2.24) is 9.78 Å². The van der Waals surface area contributed by atoms with E-state index >= 15 is 0 Å². The summed E-state index contributed by atoms with van der Waals surface area (Å²) in [6, 6.07) is 2.05. The van der Waals surface area contributed by atoms with E-state index < -0.39 is 47.5 Å². The number of nitrogens with zero attached hydrogens (tertiary/aromatic N) is 2. The lowest BCUT2D eigenvalue weighted by atomic mass is 10.2. The first-order chi connectivity index (χ1) is 10.2. The van der Waals surface area contributed by atoms with E-state index in [1.165, 1.54) is 0 Å². The van der Waals surface area contributed by atoms with Crippen LogP contribution in [0.1, 0.15) is 5.69 Å².